The number of carbonyl (C=O) groups is 2. The minimum absolute atomic E-state index is 0.130. The molecule has 0 saturated carbocycles. The van der Waals surface area contributed by atoms with Gasteiger partial charge in [0.1, 0.15) is 11.6 Å². The second-order valence-electron chi connectivity index (χ2n) is 6.31. The Hall–Kier alpha value is -2.32. The summed E-state index contributed by atoms with van der Waals surface area (Å²) >= 11 is 1.89. The molecule has 2 N–H and O–H groups in total. The van der Waals surface area contributed by atoms with E-state index >= 15 is 0 Å². The van der Waals surface area contributed by atoms with Crippen LogP contribution >= 0.6 is 11.8 Å². The molecule has 8 heteroatoms. The molecule has 0 aliphatic carbocycles. The average Bonchev–Trinajstić information content (AvgIpc) is 3.20. The molecule has 6 nitrogen and oxygen atoms in total. The van der Waals surface area contributed by atoms with Crippen LogP contribution in [0.1, 0.15) is 17.4 Å². The first-order valence-corrected chi connectivity index (χ1v) is 9.90. The lowest BCUT2D eigenvalue weighted by Crippen LogP contribution is -2.44. The van der Waals surface area contributed by atoms with E-state index in [9.17, 15) is 14.0 Å². The van der Waals surface area contributed by atoms with Crippen molar-refractivity contribution in [2.45, 2.75) is 13.0 Å². The molecule has 1 saturated heterocycles. The Labute approximate surface area is 161 Å². The van der Waals surface area contributed by atoms with Crippen LogP contribution in [0.15, 0.2) is 41.0 Å². The molecule has 0 spiro atoms. The molecule has 1 aliphatic rings. The Morgan fingerprint density at radius 2 is 2.04 bits per heavy atom. The zero-order valence-corrected chi connectivity index (χ0v) is 15.9. The van der Waals surface area contributed by atoms with Gasteiger partial charge in [0.25, 0.3) is 0 Å². The second kappa shape index (κ2) is 9.05. The number of rotatable bonds is 5. The van der Waals surface area contributed by atoms with E-state index in [2.05, 4.69) is 15.5 Å². The number of furan rings is 1. The normalized spacial score (nSPS) is 15.9. The van der Waals surface area contributed by atoms with Crippen molar-refractivity contribution in [2.75, 3.05) is 36.5 Å². The van der Waals surface area contributed by atoms with E-state index in [1.807, 2.05) is 23.9 Å². The standard InChI is InChI=1S/C19H22FN3O3S/c1-13-4-5-14(11-15(13)20)22-19(25)18(24)21-12-16(17-3-2-8-26-17)23-6-9-27-10-7-23/h2-5,8,11,16H,6-7,9-10,12H2,1H3,(H,21,24)(H,22,25)/t16-/m1/s1. The van der Waals surface area contributed by atoms with Crippen molar-refractivity contribution in [2.24, 2.45) is 0 Å². The van der Waals surface area contributed by atoms with Gasteiger partial charge in [-0.25, -0.2) is 4.39 Å². The van der Waals surface area contributed by atoms with Crippen LogP contribution in [0.5, 0.6) is 0 Å². The molecular formula is C19H22FN3O3S. The predicted octanol–water partition coefficient (Wildman–Crippen LogP) is 2.57. The Bertz CT molecular complexity index is 792. The molecule has 144 valence electrons. The van der Waals surface area contributed by atoms with Gasteiger partial charge in [-0.1, -0.05) is 6.07 Å². The van der Waals surface area contributed by atoms with E-state index in [1.165, 1.54) is 6.07 Å². The number of thioether (sulfide) groups is 1. The summed E-state index contributed by atoms with van der Waals surface area (Å²) in [6.45, 7) is 3.66. The van der Waals surface area contributed by atoms with E-state index in [0.717, 1.165) is 30.4 Å². The second-order valence-corrected chi connectivity index (χ2v) is 7.53. The fourth-order valence-corrected chi connectivity index (χ4v) is 3.84. The van der Waals surface area contributed by atoms with Gasteiger partial charge in [-0.05, 0) is 36.8 Å². The van der Waals surface area contributed by atoms with Crippen LogP contribution in [0, 0.1) is 12.7 Å². The topological polar surface area (TPSA) is 74.6 Å². The molecule has 2 amide bonds. The molecule has 0 unspecified atom stereocenters. The third-order valence-electron chi connectivity index (χ3n) is 4.45. The number of benzene rings is 1. The first-order chi connectivity index (χ1) is 13.0. The monoisotopic (exact) mass is 391 g/mol. The lowest BCUT2D eigenvalue weighted by molar-refractivity contribution is -0.136. The quantitative estimate of drug-likeness (QED) is 0.767. The van der Waals surface area contributed by atoms with Crippen LogP contribution in [0.3, 0.4) is 0 Å². The highest BCUT2D eigenvalue weighted by Gasteiger charge is 2.26. The molecule has 2 aromatic rings. The molecular weight excluding hydrogens is 369 g/mol. The summed E-state index contributed by atoms with van der Waals surface area (Å²) in [6.07, 6.45) is 1.60. The maximum Gasteiger partial charge on any atom is 0.313 e. The van der Waals surface area contributed by atoms with Crippen molar-refractivity contribution < 1.29 is 18.4 Å². The summed E-state index contributed by atoms with van der Waals surface area (Å²) in [5.74, 6) is 0.761. The smallest absolute Gasteiger partial charge is 0.313 e. The number of anilines is 1. The maximum absolute atomic E-state index is 13.6. The Morgan fingerprint density at radius 1 is 1.26 bits per heavy atom. The number of nitrogens with one attached hydrogen (secondary N) is 2. The molecule has 1 aromatic carbocycles. The minimum atomic E-state index is -0.828. The summed E-state index contributed by atoms with van der Waals surface area (Å²) in [5, 5.41) is 5.08. The highest BCUT2D eigenvalue weighted by molar-refractivity contribution is 7.99. The van der Waals surface area contributed by atoms with Crippen LogP contribution in [0.2, 0.25) is 0 Å². The summed E-state index contributed by atoms with van der Waals surface area (Å²) in [5.41, 5.74) is 0.715. The van der Waals surface area contributed by atoms with Gasteiger partial charge in [-0.15, -0.1) is 0 Å². The summed E-state index contributed by atoms with van der Waals surface area (Å²) in [7, 11) is 0. The van der Waals surface area contributed by atoms with Crippen LogP contribution < -0.4 is 10.6 Å². The number of halogens is 1. The van der Waals surface area contributed by atoms with E-state index < -0.39 is 17.6 Å². The first-order valence-electron chi connectivity index (χ1n) is 8.75. The first kappa shape index (κ1) is 19.4. The number of hydrogen-bond donors (Lipinski definition) is 2. The van der Waals surface area contributed by atoms with Gasteiger partial charge < -0.3 is 15.1 Å². The number of carbonyl (C=O) groups excluding carboxylic acids is 2. The molecule has 1 fully saturated rings. The molecule has 1 aromatic heterocycles. The highest BCUT2D eigenvalue weighted by atomic mass is 32.2. The van der Waals surface area contributed by atoms with E-state index in [4.69, 9.17) is 4.42 Å². The van der Waals surface area contributed by atoms with Crippen LogP contribution in [-0.4, -0.2) is 47.9 Å². The fourth-order valence-electron chi connectivity index (χ4n) is 2.91. The molecule has 3 rings (SSSR count). The van der Waals surface area contributed by atoms with Gasteiger partial charge >= 0.3 is 11.8 Å². The lowest BCUT2D eigenvalue weighted by atomic mass is 10.2. The molecule has 0 bridgehead atoms. The van der Waals surface area contributed by atoms with E-state index in [-0.39, 0.29) is 18.3 Å². The molecule has 1 aliphatic heterocycles. The number of aryl methyl sites for hydroxylation is 1. The van der Waals surface area contributed by atoms with Gasteiger partial charge in [0.05, 0.1) is 12.3 Å². The van der Waals surface area contributed by atoms with Crippen molar-refractivity contribution in [1.29, 1.82) is 0 Å². The third-order valence-corrected chi connectivity index (χ3v) is 5.39. The molecule has 2 heterocycles. The largest absolute Gasteiger partial charge is 0.468 e. The van der Waals surface area contributed by atoms with Gasteiger partial charge in [-0.3, -0.25) is 14.5 Å². The Kier molecular flexibility index (Phi) is 6.52. The highest BCUT2D eigenvalue weighted by Crippen LogP contribution is 2.24. The summed E-state index contributed by atoms with van der Waals surface area (Å²) in [6, 6.07) is 7.84. The third kappa shape index (κ3) is 5.11. The zero-order valence-electron chi connectivity index (χ0n) is 15.0. The summed E-state index contributed by atoms with van der Waals surface area (Å²) < 4.78 is 19.1. The predicted molar refractivity (Wildman–Crippen MR) is 103 cm³/mol. The number of nitrogens with zero attached hydrogens (tertiary/aromatic N) is 1. The van der Waals surface area contributed by atoms with Crippen LogP contribution in [-0.2, 0) is 9.59 Å². The van der Waals surface area contributed by atoms with E-state index in [1.54, 1.807) is 25.3 Å². The van der Waals surface area contributed by atoms with Crippen molar-refractivity contribution in [3.8, 4) is 0 Å². The Morgan fingerprint density at radius 3 is 2.70 bits per heavy atom. The van der Waals surface area contributed by atoms with Gasteiger partial charge in [0, 0.05) is 36.8 Å². The average molecular weight is 391 g/mol. The fraction of sp³-hybridized carbons (Fsp3) is 0.368. The number of hydrogen-bond acceptors (Lipinski definition) is 5. The molecule has 1 atom stereocenters. The van der Waals surface area contributed by atoms with Gasteiger partial charge in [-0.2, -0.15) is 11.8 Å². The van der Waals surface area contributed by atoms with Crippen LogP contribution in [0.25, 0.3) is 0 Å². The molecule has 0 radical (unpaired) electrons. The Balaban J connectivity index is 1.59. The summed E-state index contributed by atoms with van der Waals surface area (Å²) in [4.78, 5) is 26.5. The van der Waals surface area contributed by atoms with Crippen molar-refractivity contribution in [3.63, 3.8) is 0 Å². The van der Waals surface area contributed by atoms with Gasteiger partial charge in [0.2, 0.25) is 0 Å². The van der Waals surface area contributed by atoms with Crippen LogP contribution in [0.4, 0.5) is 10.1 Å². The van der Waals surface area contributed by atoms with Crippen molar-refractivity contribution >= 4 is 29.3 Å². The molecule has 27 heavy (non-hydrogen) atoms. The lowest BCUT2D eigenvalue weighted by Gasteiger charge is -2.33. The minimum Gasteiger partial charge on any atom is -0.468 e. The van der Waals surface area contributed by atoms with Crippen molar-refractivity contribution in [3.05, 3.63) is 53.7 Å². The maximum atomic E-state index is 13.6. The van der Waals surface area contributed by atoms with Crippen molar-refractivity contribution in [1.82, 2.24) is 10.2 Å². The van der Waals surface area contributed by atoms with E-state index in [0.29, 0.717) is 5.56 Å². The number of amides is 2. The van der Waals surface area contributed by atoms with Gasteiger partial charge in [0.15, 0.2) is 0 Å². The zero-order chi connectivity index (χ0) is 19.2. The SMILES string of the molecule is Cc1ccc(NC(=O)C(=O)NC[C@H](c2ccco2)N2CCSCC2)cc1F.